The Morgan fingerprint density at radius 2 is 1.55 bits per heavy atom. The summed E-state index contributed by atoms with van der Waals surface area (Å²) in [4.78, 5) is 31.3. The molecule has 0 unspecified atom stereocenters. The molecule has 0 bridgehead atoms. The Balaban J connectivity index is 1.70. The minimum Gasteiger partial charge on any atom is -0.332 e. The molecule has 3 rings (SSSR count). The first-order valence-corrected chi connectivity index (χ1v) is 9.51. The number of aryl methyl sites for hydroxylation is 3. The predicted molar refractivity (Wildman–Crippen MR) is 116 cm³/mol. The van der Waals surface area contributed by atoms with E-state index in [0.29, 0.717) is 11.3 Å². The quantitative estimate of drug-likeness (QED) is 0.706. The molecule has 0 fully saturated rings. The van der Waals surface area contributed by atoms with Crippen LogP contribution < -0.4 is 5.32 Å². The highest BCUT2D eigenvalue weighted by molar-refractivity contribution is 6.00. The Labute approximate surface area is 171 Å². The van der Waals surface area contributed by atoms with Crippen LogP contribution in [0.1, 0.15) is 27.2 Å². The fraction of sp³-hybridized carbons (Fsp3) is 0.208. The van der Waals surface area contributed by atoms with E-state index in [9.17, 15) is 9.59 Å². The lowest BCUT2D eigenvalue weighted by Crippen LogP contribution is -2.35. The SMILES string of the molecule is Cc1cccc(C)c1NC(=O)CN(C)C(=O)c1ccc(-c2ccccc2)nc1C. The van der Waals surface area contributed by atoms with Crippen molar-refractivity contribution in [2.75, 3.05) is 18.9 Å². The Kier molecular flexibility index (Phi) is 6.07. The zero-order valence-electron chi connectivity index (χ0n) is 17.2. The van der Waals surface area contributed by atoms with Gasteiger partial charge in [0, 0.05) is 18.3 Å². The Morgan fingerprint density at radius 1 is 0.897 bits per heavy atom. The molecule has 2 aromatic carbocycles. The average Bonchev–Trinajstić information content (AvgIpc) is 2.71. The van der Waals surface area contributed by atoms with Crippen LogP contribution in [0.15, 0.2) is 60.7 Å². The van der Waals surface area contributed by atoms with Crippen LogP contribution in [0.3, 0.4) is 0 Å². The summed E-state index contributed by atoms with van der Waals surface area (Å²) < 4.78 is 0. The standard InChI is InChI=1S/C24H25N3O2/c1-16-9-8-10-17(2)23(16)26-22(28)15-27(4)24(29)20-13-14-21(25-18(20)3)19-11-6-5-7-12-19/h5-14H,15H2,1-4H3,(H,26,28). The van der Waals surface area contributed by atoms with Crippen LogP contribution >= 0.6 is 0 Å². The molecule has 0 atom stereocenters. The van der Waals surface area contributed by atoms with Crippen LogP contribution in [0.4, 0.5) is 5.69 Å². The fourth-order valence-electron chi connectivity index (χ4n) is 3.24. The van der Waals surface area contributed by atoms with E-state index in [2.05, 4.69) is 10.3 Å². The number of pyridine rings is 1. The lowest BCUT2D eigenvalue weighted by molar-refractivity contribution is -0.116. The van der Waals surface area contributed by atoms with Crippen molar-refractivity contribution >= 4 is 17.5 Å². The molecule has 1 aromatic heterocycles. The van der Waals surface area contributed by atoms with Gasteiger partial charge in [0.15, 0.2) is 0 Å². The van der Waals surface area contributed by atoms with Gasteiger partial charge in [-0.05, 0) is 44.0 Å². The number of carbonyl (C=O) groups is 2. The molecule has 0 radical (unpaired) electrons. The molecule has 0 aliphatic rings. The first-order valence-electron chi connectivity index (χ1n) is 9.51. The van der Waals surface area contributed by atoms with Crippen molar-refractivity contribution in [2.24, 2.45) is 0 Å². The van der Waals surface area contributed by atoms with Gasteiger partial charge in [0.2, 0.25) is 5.91 Å². The maximum absolute atomic E-state index is 12.8. The van der Waals surface area contributed by atoms with Gasteiger partial charge >= 0.3 is 0 Å². The molecule has 148 valence electrons. The zero-order valence-corrected chi connectivity index (χ0v) is 17.2. The van der Waals surface area contributed by atoms with Gasteiger partial charge in [0.05, 0.1) is 23.5 Å². The Bertz CT molecular complexity index is 1020. The number of nitrogens with one attached hydrogen (secondary N) is 1. The molecule has 0 saturated carbocycles. The van der Waals surface area contributed by atoms with E-state index in [1.165, 1.54) is 4.90 Å². The lowest BCUT2D eigenvalue weighted by atomic mass is 10.1. The maximum atomic E-state index is 12.8. The van der Waals surface area contributed by atoms with Gasteiger partial charge in [0.25, 0.3) is 5.91 Å². The van der Waals surface area contributed by atoms with Crippen LogP contribution in [-0.4, -0.2) is 35.3 Å². The summed E-state index contributed by atoms with van der Waals surface area (Å²) in [7, 11) is 1.62. The number of carbonyl (C=O) groups excluding carboxylic acids is 2. The number of nitrogens with zero attached hydrogens (tertiary/aromatic N) is 2. The number of para-hydroxylation sites is 1. The second kappa shape index (κ2) is 8.69. The number of hydrogen-bond acceptors (Lipinski definition) is 3. The van der Waals surface area contributed by atoms with Gasteiger partial charge in [-0.2, -0.15) is 0 Å². The van der Waals surface area contributed by atoms with Crippen LogP contribution in [0.2, 0.25) is 0 Å². The molecule has 0 spiro atoms. The lowest BCUT2D eigenvalue weighted by Gasteiger charge is -2.19. The number of likely N-dealkylation sites (N-methyl/N-ethyl adjacent to an activating group) is 1. The smallest absolute Gasteiger partial charge is 0.255 e. The van der Waals surface area contributed by atoms with Gasteiger partial charge < -0.3 is 10.2 Å². The highest BCUT2D eigenvalue weighted by Crippen LogP contribution is 2.21. The van der Waals surface area contributed by atoms with Crippen LogP contribution in [0, 0.1) is 20.8 Å². The van der Waals surface area contributed by atoms with Crippen molar-refractivity contribution in [1.82, 2.24) is 9.88 Å². The van der Waals surface area contributed by atoms with Crippen molar-refractivity contribution in [3.8, 4) is 11.3 Å². The molecule has 2 amide bonds. The number of anilines is 1. The third-order valence-electron chi connectivity index (χ3n) is 4.86. The van der Waals surface area contributed by atoms with Gasteiger partial charge in [-0.25, -0.2) is 0 Å². The first-order chi connectivity index (χ1) is 13.9. The minimum atomic E-state index is -0.232. The van der Waals surface area contributed by atoms with Crippen molar-refractivity contribution in [3.63, 3.8) is 0 Å². The minimum absolute atomic E-state index is 0.0352. The summed E-state index contributed by atoms with van der Waals surface area (Å²) in [5.41, 5.74) is 5.72. The second-order valence-electron chi connectivity index (χ2n) is 7.17. The molecule has 0 aliphatic heterocycles. The van der Waals surface area contributed by atoms with E-state index in [-0.39, 0.29) is 18.4 Å². The molecule has 1 heterocycles. The molecule has 0 aliphatic carbocycles. The summed E-state index contributed by atoms with van der Waals surface area (Å²) in [5.74, 6) is -0.462. The highest BCUT2D eigenvalue weighted by Gasteiger charge is 2.18. The van der Waals surface area contributed by atoms with E-state index in [1.54, 1.807) is 13.1 Å². The highest BCUT2D eigenvalue weighted by atomic mass is 16.2. The van der Waals surface area contributed by atoms with E-state index in [4.69, 9.17) is 0 Å². The predicted octanol–water partition coefficient (Wildman–Crippen LogP) is 4.38. The third kappa shape index (κ3) is 4.69. The molecule has 0 saturated heterocycles. The van der Waals surface area contributed by atoms with Gasteiger partial charge in [-0.1, -0.05) is 48.5 Å². The zero-order chi connectivity index (χ0) is 21.0. The summed E-state index contributed by atoms with van der Waals surface area (Å²) in [6.45, 7) is 5.67. The largest absolute Gasteiger partial charge is 0.332 e. The molecular weight excluding hydrogens is 362 g/mol. The molecular formula is C24H25N3O2. The number of rotatable bonds is 5. The molecule has 5 nitrogen and oxygen atoms in total. The average molecular weight is 387 g/mol. The van der Waals surface area contributed by atoms with E-state index >= 15 is 0 Å². The van der Waals surface area contributed by atoms with Gasteiger partial charge in [0.1, 0.15) is 0 Å². The molecule has 29 heavy (non-hydrogen) atoms. The van der Waals surface area contributed by atoms with E-state index in [1.807, 2.05) is 75.4 Å². The van der Waals surface area contributed by atoms with Crippen molar-refractivity contribution in [3.05, 3.63) is 83.0 Å². The normalized spacial score (nSPS) is 10.5. The number of aromatic nitrogens is 1. The first kappa shape index (κ1) is 20.3. The Hall–Kier alpha value is -3.47. The summed E-state index contributed by atoms with van der Waals surface area (Å²) in [6.07, 6.45) is 0. The van der Waals surface area contributed by atoms with Crippen molar-refractivity contribution in [1.29, 1.82) is 0 Å². The maximum Gasteiger partial charge on any atom is 0.255 e. The molecule has 5 heteroatoms. The summed E-state index contributed by atoms with van der Waals surface area (Å²) in [5, 5.41) is 2.91. The van der Waals surface area contributed by atoms with Crippen LogP contribution in [-0.2, 0) is 4.79 Å². The van der Waals surface area contributed by atoms with E-state index < -0.39 is 0 Å². The summed E-state index contributed by atoms with van der Waals surface area (Å²) >= 11 is 0. The number of benzene rings is 2. The summed E-state index contributed by atoms with van der Waals surface area (Å²) in [6, 6.07) is 19.3. The van der Waals surface area contributed by atoms with E-state index in [0.717, 1.165) is 28.1 Å². The van der Waals surface area contributed by atoms with Crippen LogP contribution in [0.25, 0.3) is 11.3 Å². The molecule has 1 N–H and O–H groups in total. The number of hydrogen-bond donors (Lipinski definition) is 1. The van der Waals surface area contributed by atoms with Gasteiger partial charge in [-0.3, -0.25) is 14.6 Å². The van der Waals surface area contributed by atoms with Crippen LogP contribution in [0.5, 0.6) is 0 Å². The second-order valence-corrected chi connectivity index (χ2v) is 7.17. The van der Waals surface area contributed by atoms with Crippen molar-refractivity contribution in [2.45, 2.75) is 20.8 Å². The monoisotopic (exact) mass is 387 g/mol. The topological polar surface area (TPSA) is 62.3 Å². The number of amides is 2. The Morgan fingerprint density at radius 3 is 2.17 bits per heavy atom. The van der Waals surface area contributed by atoms with Gasteiger partial charge in [-0.15, -0.1) is 0 Å². The third-order valence-corrected chi connectivity index (χ3v) is 4.86. The fourth-order valence-corrected chi connectivity index (χ4v) is 3.24. The van der Waals surface area contributed by atoms with Crippen molar-refractivity contribution < 1.29 is 9.59 Å². The molecule has 3 aromatic rings.